The molecular formula is C19H16ClNO4. The second-order valence-electron chi connectivity index (χ2n) is 5.12. The summed E-state index contributed by atoms with van der Waals surface area (Å²) in [6.07, 6.45) is 1.23. The molecule has 0 aromatic heterocycles. The van der Waals surface area contributed by atoms with Gasteiger partial charge in [0.2, 0.25) is 0 Å². The van der Waals surface area contributed by atoms with Crippen molar-refractivity contribution in [3.8, 4) is 17.6 Å². The maximum atomic E-state index is 11.0. The molecule has 1 N–H and O–H groups in total. The number of rotatable bonds is 7. The molecule has 2 aromatic rings. The summed E-state index contributed by atoms with van der Waals surface area (Å²) >= 11 is 5.94. The lowest BCUT2D eigenvalue weighted by Crippen LogP contribution is -2.10. The molecule has 0 heterocycles. The first-order chi connectivity index (χ1) is 12.0. The van der Waals surface area contributed by atoms with Crippen molar-refractivity contribution in [1.82, 2.24) is 0 Å². The zero-order chi connectivity index (χ0) is 18.2. The molecule has 0 bridgehead atoms. The highest BCUT2D eigenvalue weighted by Gasteiger charge is 2.10. The third-order valence-electron chi connectivity index (χ3n) is 3.31. The second kappa shape index (κ2) is 8.76. The van der Waals surface area contributed by atoms with E-state index in [9.17, 15) is 4.79 Å². The summed E-state index contributed by atoms with van der Waals surface area (Å²) in [6, 6.07) is 14.1. The molecule has 0 spiro atoms. The Balaban J connectivity index is 2.06. The van der Waals surface area contributed by atoms with Gasteiger partial charge in [0, 0.05) is 10.6 Å². The number of carboxylic acids is 1. The fraction of sp³-hybridized carbons (Fsp3) is 0.158. The summed E-state index contributed by atoms with van der Waals surface area (Å²) in [5.74, 6) is -0.108. The van der Waals surface area contributed by atoms with Gasteiger partial charge in [-0.2, -0.15) is 5.26 Å². The highest BCUT2D eigenvalue weighted by Crippen LogP contribution is 2.25. The van der Waals surface area contributed by atoms with Gasteiger partial charge in [0.05, 0.1) is 0 Å². The van der Waals surface area contributed by atoms with Gasteiger partial charge in [-0.05, 0) is 42.8 Å². The standard InChI is InChI=1S/C19H16ClNO4/c1-13-4-2-3-5-17(13)24-8-9-25-18-7-6-16(20)11-14(18)10-15(12-21)19(22)23/h2-7,10-11H,8-9H2,1H3,(H,22,23). The number of aryl methyl sites for hydroxylation is 1. The second-order valence-corrected chi connectivity index (χ2v) is 5.56. The minimum atomic E-state index is -1.31. The Bertz CT molecular complexity index is 840. The molecule has 0 fully saturated rings. The lowest BCUT2D eigenvalue weighted by atomic mass is 10.1. The third-order valence-corrected chi connectivity index (χ3v) is 3.55. The van der Waals surface area contributed by atoms with E-state index in [-0.39, 0.29) is 6.61 Å². The number of carbonyl (C=O) groups is 1. The molecule has 128 valence electrons. The zero-order valence-electron chi connectivity index (χ0n) is 13.5. The van der Waals surface area contributed by atoms with Crippen molar-refractivity contribution in [2.75, 3.05) is 13.2 Å². The molecule has 0 aliphatic carbocycles. The van der Waals surface area contributed by atoms with E-state index in [1.54, 1.807) is 24.3 Å². The van der Waals surface area contributed by atoms with Crippen LogP contribution in [0.15, 0.2) is 48.0 Å². The van der Waals surface area contributed by atoms with Crippen LogP contribution in [0.1, 0.15) is 11.1 Å². The lowest BCUT2D eigenvalue weighted by Gasteiger charge is -2.12. The normalized spacial score (nSPS) is 10.8. The number of aliphatic carboxylic acids is 1. The summed E-state index contributed by atoms with van der Waals surface area (Å²) in [6.45, 7) is 2.53. The summed E-state index contributed by atoms with van der Waals surface area (Å²) in [5.41, 5.74) is 1.04. The molecule has 6 heteroatoms. The first-order valence-electron chi connectivity index (χ1n) is 7.47. The van der Waals surface area contributed by atoms with E-state index in [0.717, 1.165) is 11.3 Å². The molecule has 0 radical (unpaired) electrons. The Kier molecular flexibility index (Phi) is 6.44. The molecule has 2 rings (SSSR count). The molecule has 0 aliphatic rings. The van der Waals surface area contributed by atoms with Crippen LogP contribution in [0.3, 0.4) is 0 Å². The Morgan fingerprint density at radius 3 is 2.52 bits per heavy atom. The van der Waals surface area contributed by atoms with Gasteiger partial charge in [-0.1, -0.05) is 29.8 Å². The number of carboxylic acid groups (broad SMARTS) is 1. The van der Waals surface area contributed by atoms with Gasteiger partial charge < -0.3 is 14.6 Å². The minimum Gasteiger partial charge on any atom is -0.490 e. The van der Waals surface area contributed by atoms with Gasteiger partial charge in [0.15, 0.2) is 0 Å². The van der Waals surface area contributed by atoms with E-state index in [2.05, 4.69) is 0 Å². The van der Waals surface area contributed by atoms with Crippen molar-refractivity contribution in [1.29, 1.82) is 5.26 Å². The van der Waals surface area contributed by atoms with Gasteiger partial charge in [0.1, 0.15) is 36.4 Å². The van der Waals surface area contributed by atoms with Crippen molar-refractivity contribution in [2.45, 2.75) is 6.92 Å². The quantitative estimate of drug-likeness (QED) is 0.458. The van der Waals surface area contributed by atoms with E-state index in [4.69, 9.17) is 31.4 Å². The largest absolute Gasteiger partial charge is 0.490 e. The highest BCUT2D eigenvalue weighted by molar-refractivity contribution is 6.30. The van der Waals surface area contributed by atoms with Gasteiger partial charge in [-0.15, -0.1) is 0 Å². The Morgan fingerprint density at radius 1 is 1.20 bits per heavy atom. The van der Waals surface area contributed by atoms with E-state index >= 15 is 0 Å². The van der Waals surface area contributed by atoms with Crippen molar-refractivity contribution in [3.63, 3.8) is 0 Å². The average molecular weight is 358 g/mol. The number of halogens is 1. The number of hydrogen-bond donors (Lipinski definition) is 1. The van der Waals surface area contributed by atoms with Crippen molar-refractivity contribution < 1.29 is 19.4 Å². The van der Waals surface area contributed by atoms with Crippen molar-refractivity contribution in [3.05, 3.63) is 64.2 Å². The third kappa shape index (κ3) is 5.27. The lowest BCUT2D eigenvalue weighted by molar-refractivity contribution is -0.132. The van der Waals surface area contributed by atoms with Crippen LogP contribution < -0.4 is 9.47 Å². The predicted molar refractivity (Wildman–Crippen MR) is 94.8 cm³/mol. The highest BCUT2D eigenvalue weighted by atomic mass is 35.5. The molecule has 0 atom stereocenters. The summed E-state index contributed by atoms with van der Waals surface area (Å²) in [7, 11) is 0. The summed E-state index contributed by atoms with van der Waals surface area (Å²) < 4.78 is 11.3. The van der Waals surface area contributed by atoms with Crippen LogP contribution in [0, 0.1) is 18.3 Å². The van der Waals surface area contributed by atoms with E-state index in [1.807, 2.05) is 31.2 Å². The predicted octanol–water partition coefficient (Wildman–Crippen LogP) is 4.10. The number of nitrogens with zero attached hydrogens (tertiary/aromatic N) is 1. The van der Waals surface area contributed by atoms with Gasteiger partial charge >= 0.3 is 5.97 Å². The molecule has 25 heavy (non-hydrogen) atoms. The maximum absolute atomic E-state index is 11.0. The van der Waals surface area contributed by atoms with Crippen LogP contribution in [0.5, 0.6) is 11.5 Å². The van der Waals surface area contributed by atoms with Crippen LogP contribution in [0.2, 0.25) is 5.02 Å². The van der Waals surface area contributed by atoms with E-state index in [0.29, 0.717) is 22.9 Å². The molecule has 0 unspecified atom stereocenters. The average Bonchev–Trinajstić information content (AvgIpc) is 2.59. The Morgan fingerprint density at radius 2 is 1.88 bits per heavy atom. The monoisotopic (exact) mass is 357 g/mol. The number of nitriles is 1. The van der Waals surface area contributed by atoms with Crippen molar-refractivity contribution >= 4 is 23.6 Å². The fourth-order valence-electron chi connectivity index (χ4n) is 2.08. The number of hydrogen-bond acceptors (Lipinski definition) is 4. The number of ether oxygens (including phenoxy) is 2. The molecule has 0 saturated heterocycles. The van der Waals surface area contributed by atoms with Crippen molar-refractivity contribution in [2.24, 2.45) is 0 Å². The smallest absolute Gasteiger partial charge is 0.346 e. The van der Waals surface area contributed by atoms with Gasteiger partial charge in [-0.3, -0.25) is 0 Å². The maximum Gasteiger partial charge on any atom is 0.346 e. The molecule has 0 aliphatic heterocycles. The minimum absolute atomic E-state index is 0.256. The first kappa shape index (κ1) is 18.4. The van der Waals surface area contributed by atoms with Crippen LogP contribution in [0.25, 0.3) is 6.08 Å². The SMILES string of the molecule is Cc1ccccc1OCCOc1ccc(Cl)cc1C=C(C#N)C(=O)O. The molecular weight excluding hydrogens is 342 g/mol. The van der Waals surface area contributed by atoms with Crippen LogP contribution in [0.4, 0.5) is 0 Å². The zero-order valence-corrected chi connectivity index (χ0v) is 14.3. The van der Waals surface area contributed by atoms with E-state index < -0.39 is 11.5 Å². The van der Waals surface area contributed by atoms with Gasteiger partial charge in [0.25, 0.3) is 0 Å². The Hall–Kier alpha value is -2.97. The molecule has 0 amide bonds. The number of para-hydroxylation sites is 1. The summed E-state index contributed by atoms with van der Waals surface area (Å²) in [5, 5.41) is 18.3. The topological polar surface area (TPSA) is 79.5 Å². The van der Waals surface area contributed by atoms with Crippen LogP contribution in [-0.2, 0) is 4.79 Å². The Labute approximate surface area is 150 Å². The van der Waals surface area contributed by atoms with E-state index in [1.165, 1.54) is 6.08 Å². The molecule has 0 saturated carbocycles. The molecule has 2 aromatic carbocycles. The molecule has 5 nitrogen and oxygen atoms in total. The first-order valence-corrected chi connectivity index (χ1v) is 7.85. The fourth-order valence-corrected chi connectivity index (χ4v) is 2.26. The van der Waals surface area contributed by atoms with Crippen LogP contribution >= 0.6 is 11.6 Å². The van der Waals surface area contributed by atoms with Crippen LogP contribution in [-0.4, -0.2) is 24.3 Å². The number of benzene rings is 2. The summed E-state index contributed by atoms with van der Waals surface area (Å²) in [4.78, 5) is 11.0. The van der Waals surface area contributed by atoms with Gasteiger partial charge in [-0.25, -0.2) is 4.79 Å².